The van der Waals surface area contributed by atoms with Crippen molar-refractivity contribution in [2.45, 2.75) is 25.2 Å². The summed E-state index contributed by atoms with van der Waals surface area (Å²) in [6.45, 7) is 5.64. The highest BCUT2D eigenvalue weighted by Gasteiger charge is 2.34. The monoisotopic (exact) mass is 227 g/mol. The van der Waals surface area contributed by atoms with E-state index < -0.39 is 8.07 Å². The average Bonchev–Trinajstić information content (AvgIpc) is 2.88. The fourth-order valence-corrected chi connectivity index (χ4v) is 4.32. The van der Waals surface area contributed by atoms with Crippen LogP contribution in [0.4, 0.5) is 0 Å². The van der Waals surface area contributed by atoms with Crippen molar-refractivity contribution in [2.75, 3.05) is 6.61 Å². The van der Waals surface area contributed by atoms with Crippen molar-refractivity contribution in [2.24, 2.45) is 0 Å². The van der Waals surface area contributed by atoms with E-state index in [2.05, 4.69) is 24.1 Å². The molecular formula is C10H14ClNOSi. The fourth-order valence-electron chi connectivity index (χ4n) is 1.65. The van der Waals surface area contributed by atoms with E-state index in [0.717, 1.165) is 6.61 Å². The number of hydrogen-bond acceptors (Lipinski definition) is 2. The second-order valence-corrected chi connectivity index (χ2v) is 9.55. The van der Waals surface area contributed by atoms with E-state index in [1.54, 1.807) is 0 Å². The van der Waals surface area contributed by atoms with E-state index in [9.17, 15) is 0 Å². The number of ether oxygens (including phenoxy) is 1. The third-order valence-corrected chi connectivity index (χ3v) is 6.21. The third kappa shape index (κ3) is 2.35. The van der Waals surface area contributed by atoms with Crippen LogP contribution in [0.3, 0.4) is 0 Å². The van der Waals surface area contributed by atoms with Crippen LogP contribution in [-0.4, -0.2) is 25.8 Å². The minimum Gasteiger partial charge on any atom is -0.373 e. The number of nitrogens with zero attached hydrogens (tertiary/aromatic N) is 1. The fraction of sp³-hybridized carbons (Fsp3) is 0.500. The first-order valence-corrected chi connectivity index (χ1v) is 8.40. The van der Waals surface area contributed by atoms with E-state index in [-0.39, 0.29) is 0 Å². The number of rotatable bonds is 3. The standard InChI is InChI=1S/C10H14ClNOSi/c1-14(2,7-8-6-13-8)9-3-4-10(11)12-5-9/h3-5,8H,6-7H2,1-2H3. The molecule has 2 nitrogen and oxygen atoms in total. The van der Waals surface area contributed by atoms with Gasteiger partial charge in [0.05, 0.1) is 20.8 Å². The maximum absolute atomic E-state index is 5.76. The molecule has 1 aliphatic rings. The summed E-state index contributed by atoms with van der Waals surface area (Å²) in [6, 6.07) is 5.17. The van der Waals surface area contributed by atoms with Gasteiger partial charge in [0.2, 0.25) is 0 Å². The zero-order valence-electron chi connectivity index (χ0n) is 8.46. The van der Waals surface area contributed by atoms with Gasteiger partial charge in [-0.05, 0) is 17.3 Å². The SMILES string of the molecule is C[Si](C)(CC1CO1)c1ccc(Cl)nc1. The van der Waals surface area contributed by atoms with Gasteiger partial charge in [-0.3, -0.25) is 0 Å². The molecule has 1 atom stereocenters. The van der Waals surface area contributed by atoms with Crippen molar-refractivity contribution in [1.82, 2.24) is 4.98 Å². The summed E-state index contributed by atoms with van der Waals surface area (Å²) in [5, 5.41) is 1.93. The van der Waals surface area contributed by atoms with Crippen molar-refractivity contribution < 1.29 is 4.74 Å². The molecule has 76 valence electrons. The smallest absolute Gasteiger partial charge is 0.128 e. The Morgan fingerprint density at radius 2 is 2.29 bits per heavy atom. The number of epoxide rings is 1. The van der Waals surface area contributed by atoms with E-state index in [1.807, 2.05) is 12.3 Å². The number of hydrogen-bond donors (Lipinski definition) is 0. The van der Waals surface area contributed by atoms with Crippen molar-refractivity contribution in [3.8, 4) is 0 Å². The quantitative estimate of drug-likeness (QED) is 0.449. The molecule has 0 aromatic carbocycles. The van der Waals surface area contributed by atoms with E-state index >= 15 is 0 Å². The summed E-state index contributed by atoms with van der Waals surface area (Å²) in [5.41, 5.74) is 0. The minimum atomic E-state index is -1.35. The van der Waals surface area contributed by atoms with Crippen molar-refractivity contribution in [3.05, 3.63) is 23.5 Å². The van der Waals surface area contributed by atoms with Crippen LogP contribution in [-0.2, 0) is 4.74 Å². The molecule has 1 aromatic heterocycles. The predicted molar refractivity (Wildman–Crippen MR) is 60.9 cm³/mol. The molecule has 1 fully saturated rings. The van der Waals surface area contributed by atoms with Crippen molar-refractivity contribution >= 4 is 24.9 Å². The molecule has 0 amide bonds. The summed E-state index contributed by atoms with van der Waals surface area (Å²) in [7, 11) is -1.35. The zero-order chi connectivity index (χ0) is 10.2. The molecular weight excluding hydrogens is 214 g/mol. The largest absolute Gasteiger partial charge is 0.373 e. The van der Waals surface area contributed by atoms with Gasteiger partial charge in [0.1, 0.15) is 5.15 Å². The summed E-state index contributed by atoms with van der Waals surface area (Å²) in [6.07, 6.45) is 2.42. The van der Waals surface area contributed by atoms with Crippen molar-refractivity contribution in [3.63, 3.8) is 0 Å². The Kier molecular flexibility index (Phi) is 2.64. The van der Waals surface area contributed by atoms with Gasteiger partial charge in [-0.25, -0.2) is 4.98 Å². The Labute approximate surface area is 90.3 Å². The van der Waals surface area contributed by atoms with Gasteiger partial charge >= 0.3 is 0 Å². The highest BCUT2D eigenvalue weighted by Crippen LogP contribution is 2.22. The van der Waals surface area contributed by atoms with Crippen LogP contribution in [0.2, 0.25) is 24.3 Å². The van der Waals surface area contributed by atoms with Crippen LogP contribution in [0.25, 0.3) is 0 Å². The normalized spacial score (nSPS) is 20.9. The van der Waals surface area contributed by atoms with E-state index in [4.69, 9.17) is 16.3 Å². The minimum absolute atomic E-state index is 0.507. The van der Waals surface area contributed by atoms with Gasteiger partial charge in [-0.2, -0.15) is 0 Å². The van der Waals surface area contributed by atoms with Gasteiger partial charge in [-0.15, -0.1) is 0 Å². The topological polar surface area (TPSA) is 25.4 Å². The van der Waals surface area contributed by atoms with Crippen LogP contribution in [0, 0.1) is 0 Å². The van der Waals surface area contributed by atoms with Gasteiger partial charge < -0.3 is 4.74 Å². The molecule has 14 heavy (non-hydrogen) atoms. The molecule has 1 saturated heterocycles. The molecule has 0 radical (unpaired) electrons. The van der Waals surface area contributed by atoms with E-state index in [0.29, 0.717) is 11.3 Å². The third-order valence-electron chi connectivity index (χ3n) is 2.65. The van der Waals surface area contributed by atoms with Gasteiger partial charge in [0, 0.05) is 6.20 Å². The molecule has 2 heterocycles. The van der Waals surface area contributed by atoms with Gasteiger partial charge in [0.25, 0.3) is 0 Å². The number of pyridine rings is 1. The first kappa shape index (κ1) is 10.1. The van der Waals surface area contributed by atoms with Gasteiger partial charge in [0.15, 0.2) is 0 Å². The molecule has 0 aliphatic carbocycles. The van der Waals surface area contributed by atoms with Crippen LogP contribution in [0.15, 0.2) is 18.3 Å². The zero-order valence-corrected chi connectivity index (χ0v) is 10.2. The maximum Gasteiger partial charge on any atom is 0.128 e. The van der Waals surface area contributed by atoms with Gasteiger partial charge in [-0.1, -0.05) is 30.8 Å². The summed E-state index contributed by atoms with van der Waals surface area (Å²) in [4.78, 5) is 4.13. The first-order valence-electron chi connectivity index (χ1n) is 4.81. The van der Waals surface area contributed by atoms with Crippen molar-refractivity contribution in [1.29, 1.82) is 0 Å². The Hall–Kier alpha value is -0.383. The second-order valence-electron chi connectivity index (χ2n) is 4.41. The Bertz CT molecular complexity index is 321. The molecule has 0 saturated carbocycles. The lowest BCUT2D eigenvalue weighted by molar-refractivity contribution is 0.421. The lowest BCUT2D eigenvalue weighted by atomic mass is 10.5. The molecule has 0 N–H and O–H groups in total. The average molecular weight is 228 g/mol. The molecule has 2 rings (SSSR count). The number of halogens is 1. The Morgan fingerprint density at radius 3 is 2.79 bits per heavy atom. The van der Waals surface area contributed by atoms with Crippen LogP contribution in [0.5, 0.6) is 0 Å². The Balaban J connectivity index is 2.14. The maximum atomic E-state index is 5.76. The van der Waals surface area contributed by atoms with E-state index in [1.165, 1.54) is 11.2 Å². The lowest BCUT2D eigenvalue weighted by Gasteiger charge is -2.21. The summed E-state index contributed by atoms with van der Waals surface area (Å²) < 4.78 is 5.28. The van der Waals surface area contributed by atoms with Crippen LogP contribution < -0.4 is 5.19 Å². The molecule has 4 heteroatoms. The second kappa shape index (κ2) is 3.64. The molecule has 1 aliphatic heterocycles. The summed E-state index contributed by atoms with van der Waals surface area (Å²) >= 11 is 5.76. The number of aromatic nitrogens is 1. The molecule has 0 spiro atoms. The lowest BCUT2D eigenvalue weighted by Crippen LogP contribution is -2.42. The molecule has 1 aromatic rings. The molecule has 0 bridgehead atoms. The summed E-state index contributed by atoms with van der Waals surface area (Å²) in [5.74, 6) is 0. The highest BCUT2D eigenvalue weighted by molar-refractivity contribution is 6.89. The predicted octanol–water partition coefficient (Wildman–Crippen LogP) is 2.05. The molecule has 1 unspecified atom stereocenters. The van der Waals surface area contributed by atoms with Crippen LogP contribution in [0.1, 0.15) is 0 Å². The first-order chi connectivity index (χ1) is 6.58. The van der Waals surface area contributed by atoms with Crippen LogP contribution >= 0.6 is 11.6 Å². The Morgan fingerprint density at radius 1 is 1.57 bits per heavy atom. The highest BCUT2D eigenvalue weighted by atomic mass is 35.5.